The van der Waals surface area contributed by atoms with Crippen molar-refractivity contribution < 1.29 is 14.3 Å². The predicted octanol–water partition coefficient (Wildman–Crippen LogP) is 6.80. The molecule has 0 bridgehead atoms. The van der Waals surface area contributed by atoms with Gasteiger partial charge in [-0.25, -0.2) is 0 Å². The van der Waals surface area contributed by atoms with Gasteiger partial charge in [-0.1, -0.05) is 60.5 Å². The van der Waals surface area contributed by atoms with E-state index in [1.807, 2.05) is 30.3 Å². The minimum Gasteiger partial charge on any atom is -0.493 e. The molecule has 0 heterocycles. The summed E-state index contributed by atoms with van der Waals surface area (Å²) in [5, 5.41) is 4.00. The molecule has 31 heavy (non-hydrogen) atoms. The van der Waals surface area contributed by atoms with Crippen molar-refractivity contribution >= 4 is 40.9 Å². The summed E-state index contributed by atoms with van der Waals surface area (Å²) in [7, 11) is 1.56. The van der Waals surface area contributed by atoms with Crippen molar-refractivity contribution in [1.29, 1.82) is 0 Å². The van der Waals surface area contributed by atoms with Gasteiger partial charge in [0.1, 0.15) is 6.61 Å². The maximum atomic E-state index is 12.3. The molecule has 0 saturated heterocycles. The van der Waals surface area contributed by atoms with Crippen LogP contribution in [0.1, 0.15) is 23.6 Å². The highest BCUT2D eigenvalue weighted by atomic mass is 35.5. The molecule has 6 heteroatoms. The summed E-state index contributed by atoms with van der Waals surface area (Å²) < 4.78 is 11.3. The molecule has 0 radical (unpaired) electrons. The zero-order chi connectivity index (χ0) is 22.2. The molecular formula is C25H23Cl2NO3. The second-order valence-corrected chi connectivity index (χ2v) is 7.55. The molecule has 0 aliphatic heterocycles. The van der Waals surface area contributed by atoms with Crippen LogP contribution < -0.4 is 14.8 Å². The third-order valence-corrected chi connectivity index (χ3v) is 5.41. The molecule has 0 atom stereocenters. The lowest BCUT2D eigenvalue weighted by Crippen LogP contribution is -2.09. The Labute approximate surface area is 192 Å². The Morgan fingerprint density at radius 3 is 2.45 bits per heavy atom. The summed E-state index contributed by atoms with van der Waals surface area (Å²) in [6, 6.07) is 18.5. The highest BCUT2D eigenvalue weighted by molar-refractivity contribution is 6.35. The van der Waals surface area contributed by atoms with Crippen molar-refractivity contribution in [2.75, 3.05) is 12.4 Å². The summed E-state index contributed by atoms with van der Waals surface area (Å²) >= 11 is 12.4. The molecule has 4 nitrogen and oxygen atoms in total. The van der Waals surface area contributed by atoms with Gasteiger partial charge >= 0.3 is 0 Å². The number of rotatable bonds is 8. The van der Waals surface area contributed by atoms with E-state index in [0.717, 1.165) is 23.2 Å². The Hall–Kier alpha value is -2.95. The second kappa shape index (κ2) is 10.9. The fraction of sp³-hybridized carbons (Fsp3) is 0.160. The van der Waals surface area contributed by atoms with Crippen LogP contribution in [0.15, 0.2) is 66.7 Å². The SMILES string of the molecule is CCc1ccccc1NC(=O)C=Cc1ccc(OCc2c(Cl)cccc2Cl)c(OC)c1. The number of anilines is 1. The molecule has 1 amide bonds. The van der Waals surface area contributed by atoms with Crippen LogP contribution in [0.5, 0.6) is 11.5 Å². The Kier molecular flexibility index (Phi) is 7.99. The monoisotopic (exact) mass is 455 g/mol. The van der Waals surface area contributed by atoms with Gasteiger partial charge in [-0.15, -0.1) is 0 Å². The van der Waals surface area contributed by atoms with Crippen LogP contribution in [-0.4, -0.2) is 13.0 Å². The zero-order valence-corrected chi connectivity index (χ0v) is 18.8. The van der Waals surface area contributed by atoms with E-state index >= 15 is 0 Å². The molecule has 0 aliphatic carbocycles. The lowest BCUT2D eigenvalue weighted by molar-refractivity contribution is -0.111. The van der Waals surface area contributed by atoms with E-state index in [4.69, 9.17) is 32.7 Å². The lowest BCUT2D eigenvalue weighted by Gasteiger charge is -2.13. The van der Waals surface area contributed by atoms with Crippen molar-refractivity contribution in [3.05, 3.63) is 93.5 Å². The number of carbonyl (C=O) groups is 1. The molecule has 0 aliphatic rings. The highest BCUT2D eigenvalue weighted by Gasteiger charge is 2.10. The Morgan fingerprint density at radius 2 is 1.74 bits per heavy atom. The average Bonchev–Trinajstić information content (AvgIpc) is 2.78. The van der Waals surface area contributed by atoms with Gasteiger partial charge in [-0.3, -0.25) is 4.79 Å². The average molecular weight is 456 g/mol. The molecular weight excluding hydrogens is 433 g/mol. The smallest absolute Gasteiger partial charge is 0.248 e. The number of aryl methyl sites for hydroxylation is 1. The standard InChI is InChI=1S/C25H23Cl2NO3/c1-3-18-7-4-5-10-22(18)28-25(29)14-12-17-11-13-23(24(15-17)30-2)31-16-19-20(26)8-6-9-21(19)27/h4-15H,3,16H2,1-2H3,(H,28,29). The first-order chi connectivity index (χ1) is 15.0. The van der Waals surface area contributed by atoms with E-state index in [9.17, 15) is 4.79 Å². The summed E-state index contributed by atoms with van der Waals surface area (Å²) in [6.45, 7) is 2.26. The zero-order valence-electron chi connectivity index (χ0n) is 17.3. The molecule has 3 aromatic rings. The number of hydrogen-bond donors (Lipinski definition) is 1. The molecule has 0 aromatic heterocycles. The van der Waals surface area contributed by atoms with E-state index in [1.165, 1.54) is 6.08 Å². The number of hydrogen-bond acceptors (Lipinski definition) is 3. The summed E-state index contributed by atoms with van der Waals surface area (Å²) in [6.07, 6.45) is 4.06. The fourth-order valence-corrected chi connectivity index (χ4v) is 3.53. The number of methoxy groups -OCH3 is 1. The first kappa shape index (κ1) is 22.7. The van der Waals surface area contributed by atoms with Crippen molar-refractivity contribution in [2.45, 2.75) is 20.0 Å². The largest absolute Gasteiger partial charge is 0.493 e. The summed E-state index contributed by atoms with van der Waals surface area (Å²) in [4.78, 5) is 12.3. The molecule has 160 valence electrons. The van der Waals surface area contributed by atoms with Crippen molar-refractivity contribution in [2.24, 2.45) is 0 Å². The van der Waals surface area contributed by atoms with Crippen LogP contribution in [0.2, 0.25) is 10.0 Å². The Balaban J connectivity index is 1.68. The summed E-state index contributed by atoms with van der Waals surface area (Å²) in [5.41, 5.74) is 3.42. The van der Waals surface area contributed by atoms with Gasteiger partial charge in [0, 0.05) is 27.4 Å². The van der Waals surface area contributed by atoms with E-state index in [0.29, 0.717) is 27.1 Å². The van der Waals surface area contributed by atoms with E-state index in [2.05, 4.69) is 12.2 Å². The third-order valence-electron chi connectivity index (χ3n) is 4.70. The topological polar surface area (TPSA) is 47.6 Å². The van der Waals surface area contributed by atoms with Crippen LogP contribution in [0, 0.1) is 0 Å². The minimum absolute atomic E-state index is 0.200. The van der Waals surface area contributed by atoms with E-state index < -0.39 is 0 Å². The molecule has 3 rings (SSSR count). The van der Waals surface area contributed by atoms with Gasteiger partial charge in [0.25, 0.3) is 0 Å². The number of nitrogens with one attached hydrogen (secondary N) is 1. The van der Waals surface area contributed by atoms with Gasteiger partial charge in [-0.2, -0.15) is 0 Å². The second-order valence-electron chi connectivity index (χ2n) is 6.73. The van der Waals surface area contributed by atoms with Crippen molar-refractivity contribution in [1.82, 2.24) is 0 Å². The maximum absolute atomic E-state index is 12.3. The fourth-order valence-electron chi connectivity index (χ4n) is 3.02. The number of amides is 1. The number of benzene rings is 3. The lowest BCUT2D eigenvalue weighted by atomic mass is 10.1. The number of para-hydroxylation sites is 1. The quantitative estimate of drug-likeness (QED) is 0.380. The van der Waals surface area contributed by atoms with Gasteiger partial charge in [0.15, 0.2) is 11.5 Å². The Bertz CT molecular complexity index is 1080. The van der Waals surface area contributed by atoms with Crippen LogP contribution in [0.3, 0.4) is 0 Å². The third kappa shape index (κ3) is 6.03. The predicted molar refractivity (Wildman–Crippen MR) is 127 cm³/mol. The number of carbonyl (C=O) groups excluding carboxylic acids is 1. The van der Waals surface area contributed by atoms with Gasteiger partial charge < -0.3 is 14.8 Å². The Morgan fingerprint density at radius 1 is 1.00 bits per heavy atom. The molecule has 3 aromatic carbocycles. The first-order valence-corrected chi connectivity index (χ1v) is 10.6. The minimum atomic E-state index is -0.200. The van der Waals surface area contributed by atoms with Crippen LogP contribution in [0.4, 0.5) is 5.69 Å². The van der Waals surface area contributed by atoms with Gasteiger partial charge in [-0.05, 0) is 54.0 Å². The van der Waals surface area contributed by atoms with Crippen LogP contribution in [-0.2, 0) is 17.8 Å². The maximum Gasteiger partial charge on any atom is 0.248 e. The van der Waals surface area contributed by atoms with Crippen LogP contribution >= 0.6 is 23.2 Å². The molecule has 0 unspecified atom stereocenters. The molecule has 0 fully saturated rings. The number of ether oxygens (including phenoxy) is 2. The van der Waals surface area contributed by atoms with E-state index in [1.54, 1.807) is 43.5 Å². The van der Waals surface area contributed by atoms with Crippen LogP contribution in [0.25, 0.3) is 6.08 Å². The summed E-state index contributed by atoms with van der Waals surface area (Å²) in [5.74, 6) is 0.896. The molecule has 0 saturated carbocycles. The van der Waals surface area contributed by atoms with Gasteiger partial charge in [0.05, 0.1) is 7.11 Å². The molecule has 1 N–H and O–H groups in total. The molecule has 0 spiro atoms. The highest BCUT2D eigenvalue weighted by Crippen LogP contribution is 2.31. The van der Waals surface area contributed by atoms with Crippen molar-refractivity contribution in [3.8, 4) is 11.5 Å². The van der Waals surface area contributed by atoms with Crippen molar-refractivity contribution in [3.63, 3.8) is 0 Å². The first-order valence-electron chi connectivity index (χ1n) is 9.82. The van der Waals surface area contributed by atoms with Gasteiger partial charge in [0.2, 0.25) is 5.91 Å². The van der Waals surface area contributed by atoms with E-state index in [-0.39, 0.29) is 12.5 Å². The normalized spacial score (nSPS) is 10.8. The number of halogens is 2.